The molecule has 2 aromatic heterocycles. The molecule has 0 spiro atoms. The SMILES string of the molecule is Cc1cc(N2CCN(C(=O)CCSc3ccc(Br)cc3)CC2)n2ncnc2n1. The standard InChI is InChI=1S/C19H21BrN6OS/c1-14-12-17(26-19(23-14)21-13-22-26)24-7-9-25(10-8-24)18(27)6-11-28-16-4-2-15(20)3-5-16/h2-5,12-13H,6-11H2,1H3. The van der Waals surface area contributed by atoms with Crippen LogP contribution in [0.2, 0.25) is 0 Å². The van der Waals surface area contributed by atoms with Crippen molar-refractivity contribution in [2.24, 2.45) is 0 Å². The van der Waals surface area contributed by atoms with E-state index in [2.05, 4.69) is 48.0 Å². The summed E-state index contributed by atoms with van der Waals surface area (Å²) in [5.74, 6) is 2.61. The van der Waals surface area contributed by atoms with Crippen molar-refractivity contribution in [3.05, 3.63) is 46.8 Å². The van der Waals surface area contributed by atoms with Gasteiger partial charge in [-0.2, -0.15) is 14.6 Å². The molecule has 0 atom stereocenters. The molecule has 7 nitrogen and oxygen atoms in total. The van der Waals surface area contributed by atoms with E-state index in [4.69, 9.17) is 0 Å². The number of thioether (sulfide) groups is 1. The van der Waals surface area contributed by atoms with Crippen molar-refractivity contribution in [3.8, 4) is 0 Å². The second-order valence-corrected chi connectivity index (χ2v) is 8.73. The number of fused-ring (bicyclic) bond motifs is 1. The van der Waals surface area contributed by atoms with Gasteiger partial charge in [0.2, 0.25) is 5.91 Å². The fourth-order valence-corrected chi connectivity index (χ4v) is 4.37. The predicted octanol–water partition coefficient (Wildman–Crippen LogP) is 3.03. The first kappa shape index (κ1) is 19.2. The van der Waals surface area contributed by atoms with Gasteiger partial charge in [0.15, 0.2) is 0 Å². The number of carbonyl (C=O) groups excluding carboxylic acids is 1. The quantitative estimate of drug-likeness (QED) is 0.545. The van der Waals surface area contributed by atoms with Crippen LogP contribution in [-0.2, 0) is 4.79 Å². The molecule has 1 aliphatic heterocycles. The zero-order valence-electron chi connectivity index (χ0n) is 15.6. The Kier molecular flexibility index (Phi) is 5.82. The number of hydrogen-bond acceptors (Lipinski definition) is 6. The van der Waals surface area contributed by atoms with Crippen molar-refractivity contribution in [1.82, 2.24) is 24.5 Å². The zero-order valence-corrected chi connectivity index (χ0v) is 18.0. The molecule has 0 bridgehead atoms. The minimum absolute atomic E-state index is 0.223. The number of piperazine rings is 1. The predicted molar refractivity (Wildman–Crippen MR) is 114 cm³/mol. The molecule has 28 heavy (non-hydrogen) atoms. The summed E-state index contributed by atoms with van der Waals surface area (Å²) >= 11 is 5.16. The summed E-state index contributed by atoms with van der Waals surface area (Å²) in [5, 5.41) is 4.28. The number of amides is 1. The molecule has 0 aliphatic carbocycles. The molecule has 3 aromatic rings. The maximum atomic E-state index is 12.6. The molecule has 4 rings (SSSR count). The summed E-state index contributed by atoms with van der Waals surface area (Å²) in [6, 6.07) is 10.2. The van der Waals surface area contributed by atoms with Gasteiger partial charge >= 0.3 is 0 Å². The van der Waals surface area contributed by atoms with Crippen molar-refractivity contribution in [1.29, 1.82) is 0 Å². The van der Waals surface area contributed by atoms with Crippen LogP contribution in [0.15, 0.2) is 46.0 Å². The highest BCUT2D eigenvalue weighted by molar-refractivity contribution is 9.10. The Balaban J connectivity index is 1.30. The maximum absolute atomic E-state index is 12.6. The number of carbonyl (C=O) groups is 1. The second kappa shape index (κ2) is 8.48. The van der Waals surface area contributed by atoms with E-state index in [9.17, 15) is 4.79 Å². The van der Waals surface area contributed by atoms with Crippen LogP contribution in [0.3, 0.4) is 0 Å². The summed E-state index contributed by atoms with van der Waals surface area (Å²) in [6.45, 7) is 4.97. The van der Waals surface area contributed by atoms with Gasteiger partial charge in [-0.3, -0.25) is 4.79 Å². The number of aromatic nitrogens is 4. The lowest BCUT2D eigenvalue weighted by Gasteiger charge is -2.36. The van der Waals surface area contributed by atoms with E-state index >= 15 is 0 Å². The van der Waals surface area contributed by atoms with Gasteiger partial charge in [-0.25, -0.2) is 4.98 Å². The number of anilines is 1. The highest BCUT2D eigenvalue weighted by atomic mass is 79.9. The van der Waals surface area contributed by atoms with Crippen molar-refractivity contribution < 1.29 is 4.79 Å². The second-order valence-electron chi connectivity index (χ2n) is 6.65. The van der Waals surface area contributed by atoms with Gasteiger partial charge in [0, 0.05) is 59.5 Å². The zero-order chi connectivity index (χ0) is 19.5. The Labute approximate surface area is 176 Å². The average Bonchev–Trinajstić information content (AvgIpc) is 3.17. The van der Waals surface area contributed by atoms with Gasteiger partial charge < -0.3 is 9.80 Å². The highest BCUT2D eigenvalue weighted by Crippen LogP contribution is 2.22. The monoisotopic (exact) mass is 460 g/mol. The van der Waals surface area contributed by atoms with Crippen molar-refractivity contribution in [2.75, 3.05) is 36.8 Å². The molecular weight excluding hydrogens is 440 g/mol. The molecule has 1 aliphatic rings. The summed E-state index contributed by atoms with van der Waals surface area (Å²) in [6.07, 6.45) is 2.08. The fourth-order valence-electron chi connectivity index (χ4n) is 3.27. The number of aryl methyl sites for hydroxylation is 1. The molecule has 0 unspecified atom stereocenters. The number of hydrogen-bond donors (Lipinski definition) is 0. The Morgan fingerprint density at radius 1 is 1.18 bits per heavy atom. The Bertz CT molecular complexity index is 968. The van der Waals surface area contributed by atoms with Crippen molar-refractivity contribution in [3.63, 3.8) is 0 Å². The van der Waals surface area contributed by atoms with Crippen molar-refractivity contribution >= 4 is 45.2 Å². The largest absolute Gasteiger partial charge is 0.353 e. The van der Waals surface area contributed by atoms with Gasteiger partial charge in [0.1, 0.15) is 12.1 Å². The van der Waals surface area contributed by atoms with E-state index in [-0.39, 0.29) is 5.91 Å². The molecule has 1 fully saturated rings. The lowest BCUT2D eigenvalue weighted by molar-refractivity contribution is -0.131. The van der Waals surface area contributed by atoms with Crippen LogP contribution in [0.4, 0.5) is 5.82 Å². The van der Waals surface area contributed by atoms with E-state index in [1.807, 2.05) is 30.0 Å². The summed E-state index contributed by atoms with van der Waals surface area (Å²) < 4.78 is 2.83. The molecule has 0 N–H and O–H groups in total. The minimum atomic E-state index is 0.223. The van der Waals surface area contributed by atoms with Crippen LogP contribution in [0.1, 0.15) is 12.1 Å². The van der Waals surface area contributed by atoms with Crippen LogP contribution >= 0.6 is 27.7 Å². The average molecular weight is 461 g/mol. The molecule has 1 saturated heterocycles. The first-order valence-corrected chi connectivity index (χ1v) is 11.0. The van der Waals surface area contributed by atoms with E-state index in [1.54, 1.807) is 16.3 Å². The van der Waals surface area contributed by atoms with E-state index in [0.717, 1.165) is 47.9 Å². The summed E-state index contributed by atoms with van der Waals surface area (Å²) in [4.78, 5) is 26.5. The normalized spacial score (nSPS) is 14.6. The number of rotatable bonds is 5. The third-order valence-corrected chi connectivity index (χ3v) is 6.26. The van der Waals surface area contributed by atoms with Gasteiger partial charge in [-0.1, -0.05) is 15.9 Å². The Morgan fingerprint density at radius 3 is 2.68 bits per heavy atom. The number of nitrogens with zero attached hydrogens (tertiary/aromatic N) is 6. The summed E-state index contributed by atoms with van der Waals surface area (Å²) in [7, 11) is 0. The molecule has 0 radical (unpaired) electrons. The fraction of sp³-hybridized carbons (Fsp3) is 0.368. The Hall–Kier alpha value is -2.13. The first-order valence-electron chi connectivity index (χ1n) is 9.18. The van der Waals surface area contributed by atoms with Crippen LogP contribution < -0.4 is 4.90 Å². The lowest BCUT2D eigenvalue weighted by atomic mass is 10.2. The highest BCUT2D eigenvalue weighted by Gasteiger charge is 2.23. The van der Waals surface area contributed by atoms with E-state index in [0.29, 0.717) is 12.2 Å². The molecule has 1 amide bonds. The van der Waals surface area contributed by atoms with Gasteiger partial charge in [-0.05, 0) is 31.2 Å². The number of benzene rings is 1. The van der Waals surface area contributed by atoms with Crippen LogP contribution in [0, 0.1) is 6.92 Å². The molecular formula is C19H21BrN6OS. The Morgan fingerprint density at radius 2 is 1.93 bits per heavy atom. The van der Waals surface area contributed by atoms with E-state index in [1.165, 1.54) is 11.2 Å². The topological polar surface area (TPSA) is 66.6 Å². The summed E-state index contributed by atoms with van der Waals surface area (Å²) in [5.41, 5.74) is 0.916. The molecule has 3 heterocycles. The third-order valence-electron chi connectivity index (χ3n) is 4.72. The molecule has 0 saturated carbocycles. The maximum Gasteiger partial charge on any atom is 0.254 e. The van der Waals surface area contributed by atoms with Crippen molar-refractivity contribution in [2.45, 2.75) is 18.2 Å². The first-order chi connectivity index (χ1) is 13.6. The lowest BCUT2D eigenvalue weighted by Crippen LogP contribution is -2.49. The number of halogens is 1. The molecule has 9 heteroatoms. The third kappa shape index (κ3) is 4.30. The van der Waals surface area contributed by atoms with Crippen LogP contribution in [-0.4, -0.2) is 62.3 Å². The van der Waals surface area contributed by atoms with Gasteiger partial charge in [0.05, 0.1) is 0 Å². The van der Waals surface area contributed by atoms with Gasteiger partial charge in [-0.15, -0.1) is 11.8 Å². The van der Waals surface area contributed by atoms with Crippen LogP contribution in [0.25, 0.3) is 5.78 Å². The van der Waals surface area contributed by atoms with Crippen LogP contribution in [0.5, 0.6) is 0 Å². The van der Waals surface area contributed by atoms with E-state index < -0.39 is 0 Å². The molecule has 146 valence electrons. The molecule has 1 aromatic carbocycles. The smallest absolute Gasteiger partial charge is 0.254 e. The van der Waals surface area contributed by atoms with Gasteiger partial charge in [0.25, 0.3) is 5.78 Å². The minimum Gasteiger partial charge on any atom is -0.353 e.